The summed E-state index contributed by atoms with van der Waals surface area (Å²) in [5, 5.41) is 11.0. The first-order chi connectivity index (χ1) is 9.46. The molecule has 0 amide bonds. The van der Waals surface area contributed by atoms with Crippen LogP contribution in [-0.2, 0) is 10.0 Å². The van der Waals surface area contributed by atoms with E-state index in [2.05, 4.69) is 6.92 Å². The summed E-state index contributed by atoms with van der Waals surface area (Å²) >= 11 is 0. The fourth-order valence-corrected chi connectivity index (χ4v) is 3.96. The Kier molecular flexibility index (Phi) is 4.36. The van der Waals surface area contributed by atoms with Crippen molar-refractivity contribution < 1.29 is 18.2 Å². The maximum absolute atomic E-state index is 12.5. The van der Waals surface area contributed by atoms with E-state index < -0.39 is 14.9 Å². The molecule has 0 bridgehead atoms. The Morgan fingerprint density at radius 2 is 1.90 bits per heavy atom. The first-order valence-electron chi connectivity index (χ1n) is 6.54. The Labute approximate surface area is 118 Å². The first kappa shape index (κ1) is 14.9. The number of nitrogens with zero attached hydrogens (tertiary/aromatic N) is 2. The Balaban J connectivity index is 2.30. The molecule has 1 heterocycles. The van der Waals surface area contributed by atoms with Gasteiger partial charge >= 0.3 is 0 Å². The molecule has 0 aliphatic carbocycles. The van der Waals surface area contributed by atoms with Crippen molar-refractivity contribution in [1.82, 2.24) is 4.31 Å². The second-order valence-corrected chi connectivity index (χ2v) is 6.64. The molecule has 1 N–H and O–H groups in total. The number of benzene rings is 1. The van der Waals surface area contributed by atoms with Crippen molar-refractivity contribution in [1.29, 1.82) is 0 Å². The number of nitrogens with one attached hydrogen (secondary N) is 1. The molecule has 8 heteroatoms. The van der Waals surface area contributed by atoms with Crippen molar-refractivity contribution >= 4 is 15.7 Å². The molecule has 1 saturated heterocycles. The Morgan fingerprint density at radius 3 is 2.45 bits per heavy atom. The van der Waals surface area contributed by atoms with E-state index in [0.717, 1.165) is 19.6 Å². The lowest BCUT2D eigenvalue weighted by atomic mass is 10.3. The summed E-state index contributed by atoms with van der Waals surface area (Å²) in [4.78, 5) is 11.4. The van der Waals surface area contributed by atoms with Gasteiger partial charge in [0.25, 0.3) is 5.69 Å². The summed E-state index contributed by atoms with van der Waals surface area (Å²) in [6, 6.07) is 5.50. The van der Waals surface area contributed by atoms with Gasteiger partial charge in [0.2, 0.25) is 10.0 Å². The van der Waals surface area contributed by atoms with Crippen LogP contribution in [0, 0.1) is 10.1 Å². The van der Waals surface area contributed by atoms with Crippen LogP contribution in [-0.4, -0.2) is 50.4 Å². The summed E-state index contributed by atoms with van der Waals surface area (Å²) in [6.07, 6.45) is 0. The number of rotatable bonds is 4. The fourth-order valence-electron chi connectivity index (χ4n) is 2.36. The molecule has 0 spiro atoms. The minimum Gasteiger partial charge on any atom is -0.333 e. The molecule has 7 nitrogen and oxygen atoms in total. The maximum Gasteiger partial charge on any atom is 0.289 e. The summed E-state index contributed by atoms with van der Waals surface area (Å²) in [5.41, 5.74) is -0.363. The van der Waals surface area contributed by atoms with Gasteiger partial charge in [-0.05, 0) is 13.0 Å². The minimum atomic E-state index is -3.79. The number of piperazine rings is 1. The van der Waals surface area contributed by atoms with E-state index in [9.17, 15) is 18.5 Å². The van der Waals surface area contributed by atoms with E-state index in [1.807, 2.05) is 0 Å². The standard InChI is InChI=1S/C12H17N3O4S/c1-2-13-7-9-14(10-8-13)20(18,19)12-6-4-3-5-11(12)15(16)17/h3-6H,2,7-10H2,1H3/p+1. The molecule has 1 aromatic carbocycles. The third-order valence-corrected chi connectivity index (χ3v) is 5.56. The zero-order chi connectivity index (χ0) is 14.8. The van der Waals surface area contributed by atoms with Gasteiger partial charge in [0.1, 0.15) is 0 Å². The van der Waals surface area contributed by atoms with E-state index in [4.69, 9.17) is 0 Å². The SMILES string of the molecule is CC[NH+]1CCN(S(=O)(=O)c2ccccc2[N+](=O)[O-])CC1. The van der Waals surface area contributed by atoms with Crippen molar-refractivity contribution in [2.75, 3.05) is 32.7 Å². The Morgan fingerprint density at radius 1 is 1.30 bits per heavy atom. The summed E-state index contributed by atoms with van der Waals surface area (Å²) in [5.74, 6) is 0. The van der Waals surface area contributed by atoms with Gasteiger partial charge in [-0.15, -0.1) is 0 Å². The predicted molar refractivity (Wildman–Crippen MR) is 73.1 cm³/mol. The molecule has 1 aromatic rings. The van der Waals surface area contributed by atoms with Crippen molar-refractivity contribution in [3.05, 3.63) is 34.4 Å². The highest BCUT2D eigenvalue weighted by atomic mass is 32.2. The zero-order valence-corrected chi connectivity index (χ0v) is 12.1. The van der Waals surface area contributed by atoms with E-state index in [0.29, 0.717) is 13.1 Å². The lowest BCUT2D eigenvalue weighted by Crippen LogP contribution is -3.14. The van der Waals surface area contributed by atoms with Crippen LogP contribution < -0.4 is 4.90 Å². The molecule has 0 unspecified atom stereocenters. The molecule has 2 rings (SSSR count). The highest BCUT2D eigenvalue weighted by Crippen LogP contribution is 2.26. The number of hydrogen-bond acceptors (Lipinski definition) is 4. The van der Waals surface area contributed by atoms with Crippen molar-refractivity contribution in [2.45, 2.75) is 11.8 Å². The summed E-state index contributed by atoms with van der Waals surface area (Å²) in [6.45, 7) is 5.28. The topological polar surface area (TPSA) is 85.0 Å². The first-order valence-corrected chi connectivity index (χ1v) is 7.98. The highest BCUT2D eigenvalue weighted by Gasteiger charge is 2.34. The van der Waals surface area contributed by atoms with Crippen molar-refractivity contribution in [2.24, 2.45) is 0 Å². The molecule has 0 saturated carbocycles. The third kappa shape index (κ3) is 2.82. The average Bonchev–Trinajstić information content (AvgIpc) is 2.47. The normalized spacial score (nSPS) is 18.1. The number of para-hydroxylation sites is 1. The molecule has 110 valence electrons. The fraction of sp³-hybridized carbons (Fsp3) is 0.500. The number of nitro benzene ring substituents is 1. The van der Waals surface area contributed by atoms with Crippen LogP contribution in [0.2, 0.25) is 0 Å². The van der Waals surface area contributed by atoms with E-state index in [1.54, 1.807) is 0 Å². The molecule has 20 heavy (non-hydrogen) atoms. The molecular formula is C12H18N3O4S+. The second-order valence-electron chi connectivity index (χ2n) is 4.73. The number of quaternary nitrogens is 1. The lowest BCUT2D eigenvalue weighted by molar-refractivity contribution is -0.901. The maximum atomic E-state index is 12.5. The largest absolute Gasteiger partial charge is 0.333 e. The van der Waals surface area contributed by atoms with E-state index in [-0.39, 0.29) is 10.6 Å². The van der Waals surface area contributed by atoms with E-state index in [1.165, 1.54) is 33.5 Å². The molecule has 0 radical (unpaired) electrons. The second kappa shape index (κ2) is 5.86. The van der Waals surface area contributed by atoms with Gasteiger partial charge in [0.15, 0.2) is 4.90 Å². The number of hydrogen-bond donors (Lipinski definition) is 1. The van der Waals surface area contributed by atoms with Gasteiger partial charge in [-0.3, -0.25) is 10.1 Å². The molecule has 1 aliphatic rings. The van der Waals surface area contributed by atoms with Crippen LogP contribution in [0.4, 0.5) is 5.69 Å². The average molecular weight is 300 g/mol. The third-order valence-electron chi connectivity index (χ3n) is 3.61. The number of likely N-dealkylation sites (N-methyl/N-ethyl adjacent to an activating group) is 1. The number of sulfonamides is 1. The van der Waals surface area contributed by atoms with Crippen molar-refractivity contribution in [3.8, 4) is 0 Å². The monoisotopic (exact) mass is 300 g/mol. The summed E-state index contributed by atoms with van der Waals surface area (Å²) in [7, 11) is -3.79. The quantitative estimate of drug-likeness (QED) is 0.600. The minimum absolute atomic E-state index is 0.218. The van der Waals surface area contributed by atoms with Crippen LogP contribution in [0.3, 0.4) is 0 Å². The molecule has 1 aliphatic heterocycles. The Hall–Kier alpha value is -1.51. The van der Waals surface area contributed by atoms with Crippen molar-refractivity contribution in [3.63, 3.8) is 0 Å². The smallest absolute Gasteiger partial charge is 0.289 e. The molecular weight excluding hydrogens is 282 g/mol. The number of nitro groups is 1. The summed E-state index contributed by atoms with van der Waals surface area (Å²) < 4.78 is 26.4. The van der Waals surface area contributed by atoms with Gasteiger partial charge in [0.05, 0.1) is 37.6 Å². The molecule has 0 aromatic heterocycles. The van der Waals surface area contributed by atoms with Gasteiger partial charge in [0, 0.05) is 6.07 Å². The zero-order valence-electron chi connectivity index (χ0n) is 11.3. The van der Waals surface area contributed by atoms with E-state index >= 15 is 0 Å². The predicted octanol–water partition coefficient (Wildman–Crippen LogP) is -0.496. The molecule has 1 fully saturated rings. The van der Waals surface area contributed by atoms with Gasteiger partial charge in [-0.25, -0.2) is 8.42 Å². The van der Waals surface area contributed by atoms with Crippen LogP contribution in [0.1, 0.15) is 6.92 Å². The van der Waals surface area contributed by atoms with Crippen LogP contribution in [0.15, 0.2) is 29.2 Å². The van der Waals surface area contributed by atoms with Crippen LogP contribution in [0.5, 0.6) is 0 Å². The van der Waals surface area contributed by atoms with Crippen LogP contribution >= 0.6 is 0 Å². The van der Waals surface area contributed by atoms with Gasteiger partial charge in [-0.1, -0.05) is 12.1 Å². The van der Waals surface area contributed by atoms with Gasteiger partial charge < -0.3 is 4.90 Å². The molecule has 0 atom stereocenters. The van der Waals surface area contributed by atoms with Crippen LogP contribution in [0.25, 0.3) is 0 Å². The van der Waals surface area contributed by atoms with Gasteiger partial charge in [-0.2, -0.15) is 4.31 Å². The highest BCUT2D eigenvalue weighted by molar-refractivity contribution is 7.89. The lowest BCUT2D eigenvalue weighted by Gasteiger charge is -2.30. The Bertz CT molecular complexity index is 594.